The van der Waals surface area contributed by atoms with Crippen molar-refractivity contribution < 1.29 is 13.9 Å². The average molecular weight is 286 g/mol. The summed E-state index contributed by atoms with van der Waals surface area (Å²) in [4.78, 5) is 8.40. The molecular weight excluding hydrogens is 274 g/mol. The van der Waals surface area contributed by atoms with Crippen LogP contribution in [0.2, 0.25) is 0 Å². The predicted molar refractivity (Wildman–Crippen MR) is 74.7 cm³/mol. The highest BCUT2D eigenvalue weighted by atomic mass is 19.2. The van der Waals surface area contributed by atoms with Crippen molar-refractivity contribution in [3.63, 3.8) is 0 Å². The summed E-state index contributed by atoms with van der Waals surface area (Å²) < 4.78 is 27.5. The van der Waals surface area contributed by atoms with Gasteiger partial charge < -0.3 is 5.11 Å². The van der Waals surface area contributed by atoms with Crippen LogP contribution in [0.3, 0.4) is 0 Å². The average Bonchev–Trinajstić information content (AvgIpc) is 2.52. The summed E-state index contributed by atoms with van der Waals surface area (Å²) in [5, 5.41) is 10.2. The summed E-state index contributed by atoms with van der Waals surface area (Å²) in [6.07, 6.45) is 0.00158. The Hall–Kier alpha value is -2.40. The highest BCUT2D eigenvalue weighted by molar-refractivity contribution is 5.73. The standard InChI is InChI=1S/C16H12F2N2O/c1-9-6-7-10(15(18)14(9)17)16(21)13-8-19-11-4-2-3-5-12(11)20-13/h2-8,16,21H,1H3. The van der Waals surface area contributed by atoms with Gasteiger partial charge in [0.1, 0.15) is 6.10 Å². The first kappa shape index (κ1) is 13.6. The van der Waals surface area contributed by atoms with Crippen molar-refractivity contribution in [2.75, 3.05) is 0 Å². The molecule has 0 spiro atoms. The lowest BCUT2D eigenvalue weighted by Gasteiger charge is -2.13. The maximum absolute atomic E-state index is 13.9. The SMILES string of the molecule is Cc1ccc(C(O)c2cnc3ccccc3n2)c(F)c1F. The Bertz CT molecular complexity index is 820. The fraction of sp³-hybridized carbons (Fsp3) is 0.125. The topological polar surface area (TPSA) is 46.0 Å². The number of rotatable bonds is 2. The van der Waals surface area contributed by atoms with Crippen LogP contribution in [0.15, 0.2) is 42.6 Å². The number of aryl methyl sites for hydroxylation is 1. The van der Waals surface area contributed by atoms with E-state index in [1.54, 1.807) is 18.2 Å². The Balaban J connectivity index is 2.08. The van der Waals surface area contributed by atoms with Gasteiger partial charge in [0.05, 0.1) is 22.9 Å². The minimum absolute atomic E-state index is 0.150. The molecule has 21 heavy (non-hydrogen) atoms. The van der Waals surface area contributed by atoms with E-state index in [1.165, 1.54) is 25.3 Å². The van der Waals surface area contributed by atoms with Crippen LogP contribution < -0.4 is 0 Å². The third-order valence-corrected chi connectivity index (χ3v) is 3.35. The molecule has 3 rings (SSSR count). The van der Waals surface area contributed by atoms with Gasteiger partial charge in [0.25, 0.3) is 0 Å². The molecule has 3 nitrogen and oxygen atoms in total. The quantitative estimate of drug-likeness (QED) is 0.786. The molecule has 1 aromatic heterocycles. The highest BCUT2D eigenvalue weighted by Crippen LogP contribution is 2.26. The molecule has 0 aliphatic heterocycles. The maximum atomic E-state index is 13.9. The first-order valence-electron chi connectivity index (χ1n) is 6.42. The van der Waals surface area contributed by atoms with Crippen molar-refractivity contribution >= 4 is 11.0 Å². The lowest BCUT2D eigenvalue weighted by molar-refractivity contribution is 0.208. The van der Waals surface area contributed by atoms with Crippen molar-refractivity contribution in [2.24, 2.45) is 0 Å². The van der Waals surface area contributed by atoms with E-state index in [0.717, 1.165) is 0 Å². The van der Waals surface area contributed by atoms with Crippen LogP contribution in [0.5, 0.6) is 0 Å². The number of fused-ring (bicyclic) bond motifs is 1. The molecular formula is C16H12F2N2O. The van der Waals surface area contributed by atoms with Crippen LogP contribution in [-0.2, 0) is 0 Å². The molecule has 3 aromatic rings. The van der Waals surface area contributed by atoms with Gasteiger partial charge in [-0.2, -0.15) is 0 Å². The van der Waals surface area contributed by atoms with Gasteiger partial charge in [0.2, 0.25) is 0 Å². The number of benzene rings is 2. The fourth-order valence-corrected chi connectivity index (χ4v) is 2.13. The van der Waals surface area contributed by atoms with Gasteiger partial charge in [0, 0.05) is 5.56 Å². The predicted octanol–water partition coefficient (Wildman–Crippen LogP) is 3.30. The molecule has 0 radical (unpaired) electrons. The van der Waals surface area contributed by atoms with Crippen LogP contribution in [0.4, 0.5) is 8.78 Å². The van der Waals surface area contributed by atoms with Crippen LogP contribution in [-0.4, -0.2) is 15.1 Å². The molecule has 0 saturated carbocycles. The summed E-state index contributed by atoms with van der Waals surface area (Å²) in [6, 6.07) is 9.91. The Kier molecular flexibility index (Phi) is 3.35. The molecule has 1 unspecified atom stereocenters. The van der Waals surface area contributed by atoms with E-state index in [2.05, 4.69) is 9.97 Å². The third-order valence-electron chi connectivity index (χ3n) is 3.35. The van der Waals surface area contributed by atoms with Gasteiger partial charge in [-0.05, 0) is 24.6 Å². The Morgan fingerprint density at radius 2 is 1.71 bits per heavy atom. The van der Waals surface area contributed by atoms with Crippen LogP contribution >= 0.6 is 0 Å². The zero-order valence-corrected chi connectivity index (χ0v) is 11.2. The number of aromatic nitrogens is 2. The first-order chi connectivity index (χ1) is 10.1. The number of halogens is 2. The van der Waals surface area contributed by atoms with Crippen LogP contribution in [0, 0.1) is 18.6 Å². The van der Waals surface area contributed by atoms with Gasteiger partial charge in [-0.15, -0.1) is 0 Å². The summed E-state index contributed by atoms with van der Waals surface area (Å²) >= 11 is 0. The molecule has 5 heteroatoms. The van der Waals surface area contributed by atoms with E-state index >= 15 is 0 Å². The zero-order chi connectivity index (χ0) is 15.0. The van der Waals surface area contributed by atoms with Crippen molar-refractivity contribution in [1.82, 2.24) is 9.97 Å². The first-order valence-corrected chi connectivity index (χ1v) is 6.42. The highest BCUT2D eigenvalue weighted by Gasteiger charge is 2.20. The van der Waals surface area contributed by atoms with Crippen molar-refractivity contribution in [3.05, 3.63) is 71.1 Å². The van der Waals surface area contributed by atoms with Gasteiger partial charge in [-0.25, -0.2) is 13.8 Å². The smallest absolute Gasteiger partial charge is 0.165 e. The van der Waals surface area contributed by atoms with Crippen molar-refractivity contribution in [2.45, 2.75) is 13.0 Å². The van der Waals surface area contributed by atoms with Gasteiger partial charge in [-0.1, -0.05) is 24.3 Å². The minimum atomic E-state index is -1.36. The second kappa shape index (κ2) is 5.18. The van der Waals surface area contributed by atoms with E-state index in [4.69, 9.17) is 0 Å². The maximum Gasteiger partial charge on any atom is 0.165 e. The summed E-state index contributed by atoms with van der Waals surface area (Å²) in [5.74, 6) is -2.02. The van der Waals surface area contributed by atoms with Gasteiger partial charge >= 0.3 is 0 Å². The number of hydrogen-bond donors (Lipinski definition) is 1. The largest absolute Gasteiger partial charge is 0.382 e. The zero-order valence-electron chi connectivity index (χ0n) is 11.2. The molecule has 1 N–H and O–H groups in total. The second-order valence-corrected chi connectivity index (χ2v) is 4.79. The molecule has 0 aliphatic rings. The molecule has 1 atom stereocenters. The van der Waals surface area contributed by atoms with Crippen LogP contribution in [0.1, 0.15) is 22.9 Å². The Morgan fingerprint density at radius 1 is 1.00 bits per heavy atom. The molecule has 0 saturated heterocycles. The summed E-state index contributed by atoms with van der Waals surface area (Å²) in [6.45, 7) is 1.46. The van der Waals surface area contributed by atoms with Crippen LogP contribution in [0.25, 0.3) is 11.0 Å². The molecule has 0 bridgehead atoms. The lowest BCUT2D eigenvalue weighted by atomic mass is 10.0. The molecule has 0 fully saturated rings. The summed E-state index contributed by atoms with van der Waals surface area (Å²) in [5.41, 5.74) is 1.47. The number of aliphatic hydroxyl groups is 1. The monoisotopic (exact) mass is 286 g/mol. The van der Waals surface area contributed by atoms with Crippen molar-refractivity contribution in [1.29, 1.82) is 0 Å². The Morgan fingerprint density at radius 3 is 2.48 bits per heavy atom. The second-order valence-electron chi connectivity index (χ2n) is 4.79. The number of para-hydroxylation sites is 2. The fourth-order valence-electron chi connectivity index (χ4n) is 2.13. The number of hydrogen-bond acceptors (Lipinski definition) is 3. The Labute approximate surface area is 119 Å². The third kappa shape index (κ3) is 2.36. The molecule has 0 amide bonds. The van der Waals surface area contributed by atoms with Gasteiger partial charge in [-0.3, -0.25) is 4.98 Å². The van der Waals surface area contributed by atoms with E-state index < -0.39 is 17.7 Å². The van der Waals surface area contributed by atoms with Crippen molar-refractivity contribution in [3.8, 4) is 0 Å². The molecule has 2 aromatic carbocycles. The molecule has 106 valence electrons. The number of aliphatic hydroxyl groups excluding tert-OH is 1. The van der Waals surface area contributed by atoms with E-state index in [-0.39, 0.29) is 16.8 Å². The molecule has 0 aliphatic carbocycles. The number of nitrogens with zero attached hydrogens (tertiary/aromatic N) is 2. The summed E-state index contributed by atoms with van der Waals surface area (Å²) in [7, 11) is 0. The van der Waals surface area contributed by atoms with E-state index in [1.807, 2.05) is 6.07 Å². The molecule has 1 heterocycles. The lowest BCUT2D eigenvalue weighted by Crippen LogP contribution is -2.07. The normalized spacial score (nSPS) is 12.6. The van der Waals surface area contributed by atoms with E-state index in [0.29, 0.717) is 11.0 Å². The minimum Gasteiger partial charge on any atom is -0.382 e. The van der Waals surface area contributed by atoms with E-state index in [9.17, 15) is 13.9 Å². The van der Waals surface area contributed by atoms with Gasteiger partial charge in [0.15, 0.2) is 11.6 Å².